The smallest absolute Gasteiger partial charge is 0.306 e. The first kappa shape index (κ1) is 17.1. The van der Waals surface area contributed by atoms with Crippen LogP contribution < -0.4 is 10.6 Å². The predicted octanol–water partition coefficient (Wildman–Crippen LogP) is 0.668. The maximum Gasteiger partial charge on any atom is 0.306 e. The van der Waals surface area contributed by atoms with Gasteiger partial charge in [0.2, 0.25) is 0 Å². The predicted molar refractivity (Wildman–Crippen MR) is 79.5 cm³/mol. The second-order valence-corrected chi connectivity index (χ2v) is 4.68. The number of aliphatic carboxylic acids is 1. The number of carbonyl (C=O) groups excluding carboxylic acids is 1. The molecule has 0 heterocycles. The molecule has 1 atom stereocenters. The first-order valence-corrected chi connectivity index (χ1v) is 6.83. The molecule has 116 valence electrons. The van der Waals surface area contributed by atoms with Crippen LogP contribution in [0.1, 0.15) is 22.3 Å². The summed E-state index contributed by atoms with van der Waals surface area (Å²) < 4.78 is 5.04. The van der Waals surface area contributed by atoms with Gasteiger partial charge in [0.15, 0.2) is 0 Å². The van der Waals surface area contributed by atoms with Crippen molar-refractivity contribution in [3.05, 3.63) is 35.4 Å². The van der Waals surface area contributed by atoms with E-state index in [0.29, 0.717) is 5.56 Å². The third kappa shape index (κ3) is 5.93. The molecule has 1 amide bonds. The Morgan fingerprint density at radius 3 is 2.67 bits per heavy atom. The van der Waals surface area contributed by atoms with Crippen LogP contribution in [0.5, 0.6) is 0 Å². The number of nitrogens with one attached hydrogen (secondary N) is 2. The first-order valence-electron chi connectivity index (χ1n) is 6.83. The summed E-state index contributed by atoms with van der Waals surface area (Å²) in [7, 11) is 3.29. The molecular weight excluding hydrogens is 272 g/mol. The summed E-state index contributed by atoms with van der Waals surface area (Å²) >= 11 is 0. The molecule has 1 aromatic rings. The fourth-order valence-corrected chi connectivity index (χ4v) is 1.95. The zero-order valence-corrected chi connectivity index (χ0v) is 12.4. The molecule has 21 heavy (non-hydrogen) atoms. The Labute approximate surface area is 124 Å². The van der Waals surface area contributed by atoms with Crippen LogP contribution in [-0.4, -0.2) is 50.3 Å². The number of likely N-dealkylation sites (N-methyl/N-ethyl adjacent to an activating group) is 1. The minimum atomic E-state index is -0.953. The highest BCUT2D eigenvalue weighted by molar-refractivity contribution is 5.95. The molecule has 0 aliphatic heterocycles. The highest BCUT2D eigenvalue weighted by Gasteiger charge is 2.15. The number of hydrogen-bond donors (Lipinski definition) is 3. The SMILES string of the molecule is CNCCc1ccccc1C(=O)NCC(CC(=O)O)OC. The second kappa shape index (κ2) is 9.10. The maximum atomic E-state index is 12.2. The van der Waals surface area contributed by atoms with E-state index in [2.05, 4.69) is 10.6 Å². The lowest BCUT2D eigenvalue weighted by molar-refractivity contribution is -0.139. The van der Waals surface area contributed by atoms with Crippen molar-refractivity contribution in [1.82, 2.24) is 10.6 Å². The van der Waals surface area contributed by atoms with Crippen LogP contribution in [0.3, 0.4) is 0 Å². The van der Waals surface area contributed by atoms with Gasteiger partial charge in [-0.2, -0.15) is 0 Å². The summed E-state index contributed by atoms with van der Waals surface area (Å²) in [6.45, 7) is 0.950. The fraction of sp³-hybridized carbons (Fsp3) is 0.467. The lowest BCUT2D eigenvalue weighted by atomic mass is 10.0. The summed E-state index contributed by atoms with van der Waals surface area (Å²) in [4.78, 5) is 22.9. The van der Waals surface area contributed by atoms with Crippen LogP contribution in [-0.2, 0) is 16.0 Å². The van der Waals surface area contributed by atoms with Crippen LogP contribution in [0.25, 0.3) is 0 Å². The van der Waals surface area contributed by atoms with Gasteiger partial charge in [-0.15, -0.1) is 0 Å². The summed E-state index contributed by atoms with van der Waals surface area (Å²) in [6.07, 6.45) is 0.0807. The molecular formula is C15H22N2O4. The minimum absolute atomic E-state index is 0.141. The topological polar surface area (TPSA) is 87.7 Å². The standard InChI is InChI=1S/C15H22N2O4/c1-16-8-7-11-5-3-4-6-13(11)15(20)17-10-12(21-2)9-14(18)19/h3-6,12,16H,7-10H2,1-2H3,(H,17,20)(H,18,19). The number of carbonyl (C=O) groups is 2. The van der Waals surface area contributed by atoms with Crippen molar-refractivity contribution >= 4 is 11.9 Å². The molecule has 0 saturated heterocycles. The molecule has 0 spiro atoms. The summed E-state index contributed by atoms with van der Waals surface area (Å²) in [5, 5.41) is 14.5. The van der Waals surface area contributed by atoms with E-state index < -0.39 is 12.1 Å². The molecule has 1 rings (SSSR count). The number of methoxy groups -OCH3 is 1. The van der Waals surface area contributed by atoms with Gasteiger partial charge in [0.25, 0.3) is 5.91 Å². The van der Waals surface area contributed by atoms with E-state index in [4.69, 9.17) is 9.84 Å². The van der Waals surface area contributed by atoms with Gasteiger partial charge in [0.1, 0.15) is 0 Å². The number of hydrogen-bond acceptors (Lipinski definition) is 4. The molecule has 0 aliphatic carbocycles. The molecule has 0 saturated carbocycles. The van der Waals surface area contributed by atoms with E-state index in [9.17, 15) is 9.59 Å². The maximum absolute atomic E-state index is 12.2. The summed E-state index contributed by atoms with van der Waals surface area (Å²) in [5.41, 5.74) is 1.56. The second-order valence-electron chi connectivity index (χ2n) is 4.68. The van der Waals surface area contributed by atoms with Gasteiger partial charge in [-0.1, -0.05) is 18.2 Å². The number of ether oxygens (including phenoxy) is 1. The summed E-state index contributed by atoms with van der Waals surface area (Å²) in [5.74, 6) is -1.17. The van der Waals surface area contributed by atoms with Gasteiger partial charge >= 0.3 is 5.97 Å². The van der Waals surface area contributed by atoms with Gasteiger partial charge < -0.3 is 20.5 Å². The largest absolute Gasteiger partial charge is 0.481 e. The molecule has 1 aromatic carbocycles. The monoisotopic (exact) mass is 294 g/mol. The van der Waals surface area contributed by atoms with Crippen LogP contribution in [0, 0.1) is 0 Å². The molecule has 3 N–H and O–H groups in total. The van der Waals surface area contributed by atoms with E-state index in [1.807, 2.05) is 25.2 Å². The van der Waals surface area contributed by atoms with Crippen molar-refractivity contribution in [1.29, 1.82) is 0 Å². The van der Waals surface area contributed by atoms with Crippen LogP contribution in [0.15, 0.2) is 24.3 Å². The lowest BCUT2D eigenvalue weighted by Crippen LogP contribution is -2.35. The molecule has 0 fully saturated rings. The third-order valence-electron chi connectivity index (χ3n) is 3.13. The van der Waals surface area contributed by atoms with E-state index in [1.165, 1.54) is 7.11 Å². The number of rotatable bonds is 9. The molecule has 6 nitrogen and oxygen atoms in total. The molecule has 0 aliphatic rings. The Balaban J connectivity index is 2.64. The fourth-order valence-electron chi connectivity index (χ4n) is 1.95. The van der Waals surface area contributed by atoms with Crippen molar-refractivity contribution in [3.63, 3.8) is 0 Å². The zero-order valence-electron chi connectivity index (χ0n) is 12.4. The number of amides is 1. The zero-order chi connectivity index (χ0) is 15.7. The number of benzene rings is 1. The van der Waals surface area contributed by atoms with Crippen molar-refractivity contribution in [2.75, 3.05) is 27.2 Å². The van der Waals surface area contributed by atoms with Crippen LogP contribution >= 0.6 is 0 Å². The Kier molecular flexibility index (Phi) is 7.42. The van der Waals surface area contributed by atoms with Gasteiger partial charge in [-0.3, -0.25) is 9.59 Å². The third-order valence-corrected chi connectivity index (χ3v) is 3.13. The van der Waals surface area contributed by atoms with E-state index >= 15 is 0 Å². The van der Waals surface area contributed by atoms with E-state index in [1.54, 1.807) is 6.07 Å². The molecule has 0 aromatic heterocycles. The Bertz CT molecular complexity index is 476. The van der Waals surface area contributed by atoms with Crippen molar-refractivity contribution in [3.8, 4) is 0 Å². The van der Waals surface area contributed by atoms with Crippen LogP contribution in [0.4, 0.5) is 0 Å². The van der Waals surface area contributed by atoms with Gasteiger partial charge in [-0.05, 0) is 31.6 Å². The average Bonchev–Trinajstić information content (AvgIpc) is 2.48. The van der Waals surface area contributed by atoms with Crippen LogP contribution in [0.2, 0.25) is 0 Å². The van der Waals surface area contributed by atoms with E-state index in [0.717, 1.165) is 18.5 Å². The summed E-state index contributed by atoms with van der Waals surface area (Å²) in [6, 6.07) is 7.38. The average molecular weight is 294 g/mol. The highest BCUT2D eigenvalue weighted by atomic mass is 16.5. The number of carboxylic acid groups (broad SMARTS) is 1. The van der Waals surface area contributed by atoms with Gasteiger partial charge in [-0.25, -0.2) is 0 Å². The highest BCUT2D eigenvalue weighted by Crippen LogP contribution is 2.09. The Morgan fingerprint density at radius 1 is 1.33 bits per heavy atom. The van der Waals surface area contributed by atoms with E-state index in [-0.39, 0.29) is 18.9 Å². The first-order chi connectivity index (χ1) is 10.1. The van der Waals surface area contributed by atoms with Crippen molar-refractivity contribution in [2.24, 2.45) is 0 Å². The van der Waals surface area contributed by atoms with Gasteiger partial charge in [0, 0.05) is 19.2 Å². The van der Waals surface area contributed by atoms with Gasteiger partial charge in [0.05, 0.1) is 12.5 Å². The molecule has 0 radical (unpaired) electrons. The van der Waals surface area contributed by atoms with Crippen molar-refractivity contribution in [2.45, 2.75) is 18.9 Å². The Hall–Kier alpha value is -1.92. The molecule has 1 unspecified atom stereocenters. The molecule has 0 bridgehead atoms. The Morgan fingerprint density at radius 2 is 2.05 bits per heavy atom. The molecule has 6 heteroatoms. The normalized spacial score (nSPS) is 11.9. The minimum Gasteiger partial charge on any atom is -0.481 e. The quantitative estimate of drug-likeness (QED) is 0.623. The number of carboxylic acids is 1. The van der Waals surface area contributed by atoms with Crippen molar-refractivity contribution < 1.29 is 19.4 Å². The lowest BCUT2D eigenvalue weighted by Gasteiger charge is -2.15.